The Morgan fingerprint density at radius 2 is 2.16 bits per heavy atom. The van der Waals surface area contributed by atoms with Crippen molar-refractivity contribution in [2.45, 2.75) is 45.2 Å². The van der Waals surface area contributed by atoms with Gasteiger partial charge in [-0.15, -0.1) is 0 Å². The van der Waals surface area contributed by atoms with Crippen LogP contribution in [0.1, 0.15) is 47.2 Å². The number of H-pyrrole nitrogens is 1. The largest absolute Gasteiger partial charge is 0.310 e. The summed E-state index contributed by atoms with van der Waals surface area (Å²) in [4.78, 5) is 27.2. The quantitative estimate of drug-likeness (QED) is 0.796. The maximum atomic E-state index is 12.5. The van der Waals surface area contributed by atoms with Gasteiger partial charge in [-0.25, -0.2) is 9.97 Å². The molecule has 6 heteroatoms. The van der Waals surface area contributed by atoms with Crippen LogP contribution < -0.4 is 5.56 Å². The minimum absolute atomic E-state index is 0.0477. The van der Waals surface area contributed by atoms with Crippen LogP contribution in [0.15, 0.2) is 29.2 Å². The molecule has 1 fully saturated rings. The number of fused-ring (bicyclic) bond motifs is 2. The lowest BCUT2D eigenvalue weighted by Crippen LogP contribution is -2.36. The van der Waals surface area contributed by atoms with E-state index in [0.717, 1.165) is 60.8 Å². The van der Waals surface area contributed by atoms with Gasteiger partial charge in [-0.2, -0.15) is 0 Å². The predicted molar refractivity (Wildman–Crippen MR) is 94.6 cm³/mol. The molecule has 0 radical (unpaired) electrons. The summed E-state index contributed by atoms with van der Waals surface area (Å²) in [6, 6.07) is 6.05. The van der Waals surface area contributed by atoms with Crippen LogP contribution in [-0.4, -0.2) is 30.8 Å². The summed E-state index contributed by atoms with van der Waals surface area (Å²) in [6.07, 6.45) is 5.20. The summed E-state index contributed by atoms with van der Waals surface area (Å²) in [5.74, 6) is 1.38. The summed E-state index contributed by atoms with van der Waals surface area (Å²) < 4.78 is 2.14. The molecule has 1 saturated carbocycles. The lowest BCUT2D eigenvalue weighted by molar-refractivity contribution is 0.237. The molecular weight excluding hydrogens is 314 g/mol. The van der Waals surface area contributed by atoms with Gasteiger partial charge in [0.25, 0.3) is 5.56 Å². The molecule has 25 heavy (non-hydrogen) atoms. The van der Waals surface area contributed by atoms with Crippen molar-refractivity contribution < 1.29 is 0 Å². The minimum atomic E-state index is 0.0477. The highest BCUT2D eigenvalue weighted by Gasteiger charge is 2.29. The molecule has 2 aliphatic rings. The maximum Gasteiger partial charge on any atom is 0.255 e. The Bertz CT molecular complexity index is 1010. The number of imidazole rings is 1. The van der Waals surface area contributed by atoms with E-state index in [2.05, 4.69) is 32.4 Å². The highest BCUT2D eigenvalue weighted by molar-refractivity contribution is 5.42. The van der Waals surface area contributed by atoms with Crippen LogP contribution in [0, 0.1) is 6.92 Å². The number of pyridine rings is 1. The standard InChI is InChI=1S/C19H21N5O/c1-12-16(24-8-3-2-4-17(24)20-12)11-23-9-7-15-14(10-23)19(25)22-18(21-15)13-5-6-13/h2-4,8,13H,5-7,9-11H2,1H3,(H,21,22,25). The van der Waals surface area contributed by atoms with E-state index in [1.54, 1.807) is 0 Å². The third kappa shape index (κ3) is 2.57. The molecule has 0 unspecified atom stereocenters. The van der Waals surface area contributed by atoms with Gasteiger partial charge >= 0.3 is 0 Å². The fourth-order valence-corrected chi connectivity index (χ4v) is 3.75. The van der Waals surface area contributed by atoms with Crippen molar-refractivity contribution in [1.29, 1.82) is 0 Å². The Morgan fingerprint density at radius 3 is 3.00 bits per heavy atom. The summed E-state index contributed by atoms with van der Waals surface area (Å²) in [5, 5.41) is 0. The molecule has 0 saturated heterocycles. The second kappa shape index (κ2) is 5.52. The summed E-state index contributed by atoms with van der Waals surface area (Å²) >= 11 is 0. The number of hydrogen-bond acceptors (Lipinski definition) is 4. The van der Waals surface area contributed by atoms with Gasteiger partial charge in [0.05, 0.1) is 22.6 Å². The fourth-order valence-electron chi connectivity index (χ4n) is 3.75. The lowest BCUT2D eigenvalue weighted by atomic mass is 10.1. The molecule has 0 bridgehead atoms. The van der Waals surface area contributed by atoms with Gasteiger partial charge in [0.2, 0.25) is 0 Å². The number of aryl methyl sites for hydroxylation is 1. The van der Waals surface area contributed by atoms with Gasteiger partial charge in [0.1, 0.15) is 11.5 Å². The van der Waals surface area contributed by atoms with Crippen LogP contribution in [-0.2, 0) is 19.5 Å². The first kappa shape index (κ1) is 14.8. The third-order valence-electron chi connectivity index (χ3n) is 5.33. The van der Waals surface area contributed by atoms with E-state index in [0.29, 0.717) is 12.5 Å². The number of hydrogen-bond donors (Lipinski definition) is 1. The Labute approximate surface area is 145 Å². The molecule has 1 aliphatic carbocycles. The van der Waals surface area contributed by atoms with Crippen molar-refractivity contribution in [3.63, 3.8) is 0 Å². The summed E-state index contributed by atoms with van der Waals surface area (Å²) in [7, 11) is 0. The first-order valence-corrected chi connectivity index (χ1v) is 8.96. The van der Waals surface area contributed by atoms with Crippen LogP contribution in [0.3, 0.4) is 0 Å². The van der Waals surface area contributed by atoms with E-state index < -0.39 is 0 Å². The number of nitrogens with zero attached hydrogens (tertiary/aromatic N) is 4. The fraction of sp³-hybridized carbons (Fsp3) is 0.421. The van der Waals surface area contributed by atoms with E-state index in [4.69, 9.17) is 4.98 Å². The first-order chi connectivity index (χ1) is 12.2. The molecule has 0 amide bonds. The SMILES string of the molecule is Cc1nc2ccccn2c1CN1CCc2nc(C3CC3)[nH]c(=O)c2C1. The van der Waals surface area contributed by atoms with Crippen LogP contribution in [0.25, 0.3) is 5.65 Å². The minimum Gasteiger partial charge on any atom is -0.310 e. The van der Waals surface area contributed by atoms with Gasteiger partial charge in [-0.3, -0.25) is 9.69 Å². The van der Waals surface area contributed by atoms with Crippen molar-refractivity contribution in [2.24, 2.45) is 0 Å². The van der Waals surface area contributed by atoms with E-state index in [1.165, 1.54) is 5.69 Å². The monoisotopic (exact) mass is 335 g/mol. The molecule has 6 nitrogen and oxygen atoms in total. The highest BCUT2D eigenvalue weighted by atomic mass is 16.1. The van der Waals surface area contributed by atoms with Gasteiger partial charge in [-0.1, -0.05) is 6.07 Å². The Balaban J connectivity index is 1.44. The zero-order valence-corrected chi connectivity index (χ0v) is 14.3. The highest BCUT2D eigenvalue weighted by Crippen LogP contribution is 2.37. The van der Waals surface area contributed by atoms with Crippen LogP contribution in [0.2, 0.25) is 0 Å². The molecule has 0 spiro atoms. The van der Waals surface area contributed by atoms with Crippen LogP contribution in [0.5, 0.6) is 0 Å². The van der Waals surface area contributed by atoms with Crippen molar-refractivity contribution in [1.82, 2.24) is 24.3 Å². The molecule has 0 aromatic carbocycles. The lowest BCUT2D eigenvalue weighted by Gasteiger charge is -2.27. The topological polar surface area (TPSA) is 66.3 Å². The Kier molecular flexibility index (Phi) is 3.28. The second-order valence-corrected chi connectivity index (χ2v) is 7.18. The molecule has 128 valence electrons. The molecule has 0 atom stereocenters. The molecule has 3 aromatic rings. The van der Waals surface area contributed by atoms with Crippen LogP contribution in [0.4, 0.5) is 0 Å². The first-order valence-electron chi connectivity index (χ1n) is 8.96. The average molecular weight is 335 g/mol. The molecular formula is C19H21N5O. The normalized spacial score (nSPS) is 17.8. The molecule has 3 aromatic heterocycles. The predicted octanol–water partition coefficient (Wildman–Crippen LogP) is 2.16. The number of nitrogens with one attached hydrogen (secondary N) is 1. The van der Waals surface area contributed by atoms with Gasteiger partial charge in [-0.05, 0) is 31.9 Å². The Morgan fingerprint density at radius 1 is 1.28 bits per heavy atom. The van der Waals surface area contributed by atoms with Crippen molar-refractivity contribution in [3.05, 3.63) is 63.2 Å². The van der Waals surface area contributed by atoms with E-state index >= 15 is 0 Å². The smallest absolute Gasteiger partial charge is 0.255 e. The molecule has 5 rings (SSSR count). The van der Waals surface area contributed by atoms with E-state index in [-0.39, 0.29) is 5.56 Å². The van der Waals surface area contributed by atoms with Gasteiger partial charge in [0.15, 0.2) is 0 Å². The Hall–Kier alpha value is -2.47. The molecule has 1 aliphatic heterocycles. The number of rotatable bonds is 3. The summed E-state index contributed by atoms with van der Waals surface area (Å²) in [5.41, 5.74) is 5.09. The van der Waals surface area contributed by atoms with Crippen LogP contribution >= 0.6 is 0 Å². The number of aromatic amines is 1. The van der Waals surface area contributed by atoms with Gasteiger partial charge < -0.3 is 9.38 Å². The van der Waals surface area contributed by atoms with Crippen molar-refractivity contribution in [2.75, 3.05) is 6.54 Å². The van der Waals surface area contributed by atoms with Crippen molar-refractivity contribution in [3.8, 4) is 0 Å². The average Bonchev–Trinajstić information content (AvgIpc) is 3.41. The van der Waals surface area contributed by atoms with Gasteiger partial charge in [0, 0.05) is 38.2 Å². The second-order valence-electron chi connectivity index (χ2n) is 7.18. The maximum absolute atomic E-state index is 12.5. The molecule has 4 heterocycles. The molecule has 1 N–H and O–H groups in total. The summed E-state index contributed by atoms with van der Waals surface area (Å²) in [6.45, 7) is 4.42. The number of aromatic nitrogens is 4. The van der Waals surface area contributed by atoms with E-state index in [1.807, 2.05) is 18.2 Å². The third-order valence-corrected chi connectivity index (χ3v) is 5.33. The zero-order chi connectivity index (χ0) is 17.0. The van der Waals surface area contributed by atoms with Crippen molar-refractivity contribution >= 4 is 5.65 Å². The zero-order valence-electron chi connectivity index (χ0n) is 14.3. The van der Waals surface area contributed by atoms with E-state index in [9.17, 15) is 4.79 Å².